The second-order valence-corrected chi connectivity index (χ2v) is 6.33. The molecule has 3 nitrogen and oxygen atoms in total. The quantitative estimate of drug-likeness (QED) is 0.641. The predicted octanol–water partition coefficient (Wildman–Crippen LogP) is 2.19. The molecule has 0 heterocycles. The Kier molecular flexibility index (Phi) is 2.41. The van der Waals surface area contributed by atoms with Gasteiger partial charge in [-0.15, -0.1) is 0 Å². The summed E-state index contributed by atoms with van der Waals surface area (Å²) < 4.78 is 4.86. The van der Waals surface area contributed by atoms with Crippen LogP contribution in [-0.2, 0) is 14.3 Å². The van der Waals surface area contributed by atoms with Gasteiger partial charge in [0.05, 0.1) is 13.0 Å². The lowest BCUT2D eigenvalue weighted by molar-refractivity contribution is -0.169. The van der Waals surface area contributed by atoms with E-state index in [0.717, 1.165) is 6.42 Å². The van der Waals surface area contributed by atoms with Gasteiger partial charge in [0.15, 0.2) is 0 Å². The van der Waals surface area contributed by atoms with Gasteiger partial charge in [-0.05, 0) is 23.7 Å². The van der Waals surface area contributed by atoms with Crippen LogP contribution < -0.4 is 0 Å². The molecule has 3 rings (SSSR count). The number of ketones is 1. The maximum absolute atomic E-state index is 12.0. The maximum atomic E-state index is 12.0. The van der Waals surface area contributed by atoms with Crippen LogP contribution in [0.25, 0.3) is 0 Å². The zero-order valence-corrected chi connectivity index (χ0v) is 10.5. The highest BCUT2D eigenvalue weighted by atomic mass is 16.5. The van der Waals surface area contributed by atoms with Crippen LogP contribution in [0.3, 0.4) is 0 Å². The van der Waals surface area contributed by atoms with E-state index in [4.69, 9.17) is 4.74 Å². The fraction of sp³-hybridized carbons (Fsp3) is 0.846. The van der Waals surface area contributed by atoms with Gasteiger partial charge >= 0.3 is 5.97 Å². The average Bonchev–Trinajstić information content (AvgIpc) is 2.13. The van der Waals surface area contributed by atoms with Crippen molar-refractivity contribution >= 4 is 11.8 Å². The molecule has 2 bridgehead atoms. The Hall–Kier alpha value is -0.860. The van der Waals surface area contributed by atoms with Gasteiger partial charge in [-0.3, -0.25) is 9.59 Å². The van der Waals surface area contributed by atoms with E-state index in [1.807, 2.05) is 0 Å². The second-order valence-electron chi connectivity index (χ2n) is 6.33. The molecule has 3 aliphatic rings. The maximum Gasteiger partial charge on any atom is 0.309 e. The lowest BCUT2D eigenvalue weighted by atomic mass is 9.47. The molecule has 0 aromatic rings. The van der Waals surface area contributed by atoms with Crippen molar-refractivity contribution < 1.29 is 14.3 Å². The number of methoxy groups -OCH3 is 1. The van der Waals surface area contributed by atoms with Gasteiger partial charge in [-0.2, -0.15) is 0 Å². The molecule has 90 valence electrons. The first-order chi connectivity index (χ1) is 7.30. The molecule has 0 N–H and O–H groups in total. The van der Waals surface area contributed by atoms with Crippen molar-refractivity contribution in [3.63, 3.8) is 0 Å². The van der Waals surface area contributed by atoms with Crippen LogP contribution in [0.4, 0.5) is 0 Å². The van der Waals surface area contributed by atoms with Gasteiger partial charge in [-0.25, -0.2) is 0 Å². The summed E-state index contributed by atoms with van der Waals surface area (Å²) in [4.78, 5) is 23.7. The number of rotatable bonds is 1. The minimum Gasteiger partial charge on any atom is -0.469 e. The normalized spacial score (nSPS) is 40.9. The van der Waals surface area contributed by atoms with Crippen LogP contribution in [0.1, 0.15) is 40.0 Å². The zero-order chi connectivity index (χ0) is 12.1. The largest absolute Gasteiger partial charge is 0.469 e. The van der Waals surface area contributed by atoms with E-state index in [1.165, 1.54) is 7.11 Å². The summed E-state index contributed by atoms with van der Waals surface area (Å²) in [5.41, 5.74) is -0.156. The number of hydrogen-bond donors (Lipinski definition) is 0. The summed E-state index contributed by atoms with van der Waals surface area (Å²) in [6, 6.07) is 0. The van der Waals surface area contributed by atoms with Crippen LogP contribution in [-0.4, -0.2) is 18.9 Å². The first-order valence-electron chi connectivity index (χ1n) is 5.91. The highest BCUT2D eigenvalue weighted by molar-refractivity contribution is 5.87. The average molecular weight is 224 g/mol. The highest BCUT2D eigenvalue weighted by Crippen LogP contribution is 2.59. The van der Waals surface area contributed by atoms with Crippen molar-refractivity contribution in [2.75, 3.05) is 7.11 Å². The summed E-state index contributed by atoms with van der Waals surface area (Å²) >= 11 is 0. The van der Waals surface area contributed by atoms with Gasteiger partial charge in [0.1, 0.15) is 5.78 Å². The van der Waals surface area contributed by atoms with Crippen molar-refractivity contribution in [2.24, 2.45) is 22.7 Å². The SMILES string of the molecule is COC(=O)[C@H]1C[C@H]2C(=O)C[C@]1(C)CC2(C)C. The van der Waals surface area contributed by atoms with Crippen molar-refractivity contribution in [3.05, 3.63) is 0 Å². The number of esters is 1. The van der Waals surface area contributed by atoms with Crippen molar-refractivity contribution in [3.8, 4) is 0 Å². The molecule has 0 radical (unpaired) electrons. The molecule has 0 saturated heterocycles. The van der Waals surface area contributed by atoms with Crippen molar-refractivity contribution in [1.29, 1.82) is 0 Å². The Morgan fingerprint density at radius 3 is 2.44 bits per heavy atom. The first kappa shape index (κ1) is 11.6. The molecule has 3 atom stereocenters. The van der Waals surface area contributed by atoms with Crippen LogP contribution in [0.15, 0.2) is 0 Å². The van der Waals surface area contributed by atoms with Crippen LogP contribution >= 0.6 is 0 Å². The minimum absolute atomic E-state index is 0.0363. The van der Waals surface area contributed by atoms with E-state index >= 15 is 0 Å². The molecule has 3 heteroatoms. The number of carbonyl (C=O) groups excluding carboxylic acids is 2. The lowest BCUT2D eigenvalue weighted by Gasteiger charge is -2.55. The van der Waals surface area contributed by atoms with Gasteiger partial charge < -0.3 is 4.74 Å². The Morgan fingerprint density at radius 2 is 2.00 bits per heavy atom. The summed E-state index contributed by atoms with van der Waals surface area (Å²) in [5.74, 6) is 0.140. The second kappa shape index (κ2) is 3.31. The molecule has 0 aliphatic heterocycles. The fourth-order valence-corrected chi connectivity index (χ4v) is 3.92. The Morgan fingerprint density at radius 1 is 1.38 bits per heavy atom. The first-order valence-corrected chi connectivity index (χ1v) is 5.91. The summed E-state index contributed by atoms with van der Waals surface area (Å²) in [7, 11) is 1.43. The standard InChI is InChI=1S/C13H20O3/c1-12(2)7-13(3)6-10(14)8(12)5-9(13)11(15)16-4/h8-9H,5-7H2,1-4H3/t8-,9+,13+/m0/s1. The topological polar surface area (TPSA) is 43.4 Å². The van der Waals surface area contributed by atoms with Gasteiger partial charge in [0.2, 0.25) is 0 Å². The van der Waals surface area contributed by atoms with Gasteiger partial charge in [0.25, 0.3) is 0 Å². The van der Waals surface area contributed by atoms with Crippen LogP contribution in [0, 0.1) is 22.7 Å². The number of ether oxygens (including phenoxy) is 1. The highest BCUT2D eigenvalue weighted by Gasteiger charge is 2.58. The van der Waals surface area contributed by atoms with Gasteiger partial charge in [-0.1, -0.05) is 20.8 Å². The van der Waals surface area contributed by atoms with E-state index in [2.05, 4.69) is 20.8 Å². The minimum atomic E-state index is -0.192. The molecule has 3 aliphatic carbocycles. The van der Waals surface area contributed by atoms with E-state index in [-0.39, 0.29) is 28.6 Å². The Labute approximate surface area is 96.5 Å². The molecule has 3 saturated carbocycles. The molecule has 0 amide bonds. The monoisotopic (exact) mass is 224 g/mol. The molecular formula is C13H20O3. The molecule has 0 spiro atoms. The number of hydrogen-bond acceptors (Lipinski definition) is 3. The zero-order valence-electron chi connectivity index (χ0n) is 10.5. The van der Waals surface area contributed by atoms with Crippen molar-refractivity contribution in [2.45, 2.75) is 40.0 Å². The van der Waals surface area contributed by atoms with E-state index in [1.54, 1.807) is 0 Å². The van der Waals surface area contributed by atoms with E-state index in [9.17, 15) is 9.59 Å². The molecule has 0 aromatic carbocycles. The number of carbonyl (C=O) groups is 2. The third-order valence-electron chi connectivity index (χ3n) is 4.57. The number of fused-ring (bicyclic) bond motifs is 3. The van der Waals surface area contributed by atoms with Crippen LogP contribution in [0.5, 0.6) is 0 Å². The van der Waals surface area contributed by atoms with Crippen LogP contribution in [0.2, 0.25) is 0 Å². The predicted molar refractivity (Wildman–Crippen MR) is 59.7 cm³/mol. The third-order valence-corrected chi connectivity index (χ3v) is 4.57. The van der Waals surface area contributed by atoms with Gasteiger partial charge in [0, 0.05) is 12.3 Å². The molecule has 0 unspecified atom stereocenters. The molecular weight excluding hydrogens is 204 g/mol. The third kappa shape index (κ3) is 1.48. The molecule has 16 heavy (non-hydrogen) atoms. The lowest BCUT2D eigenvalue weighted by Crippen LogP contribution is -2.55. The summed E-state index contributed by atoms with van der Waals surface area (Å²) in [6.07, 6.45) is 2.16. The Balaban J connectivity index is 2.34. The molecule has 0 aromatic heterocycles. The summed E-state index contributed by atoms with van der Waals surface area (Å²) in [5, 5.41) is 0. The molecule has 3 fully saturated rings. The summed E-state index contributed by atoms with van der Waals surface area (Å²) in [6.45, 7) is 6.34. The van der Waals surface area contributed by atoms with Crippen molar-refractivity contribution in [1.82, 2.24) is 0 Å². The number of Topliss-reactive ketones (excluding diaryl/α,β-unsaturated/α-hetero) is 1. The smallest absolute Gasteiger partial charge is 0.309 e. The fourth-order valence-electron chi connectivity index (χ4n) is 3.92. The Bertz CT molecular complexity index is 345. The van der Waals surface area contributed by atoms with E-state index < -0.39 is 0 Å². The van der Waals surface area contributed by atoms with E-state index in [0.29, 0.717) is 18.6 Å².